The Morgan fingerprint density at radius 3 is 2.87 bits per heavy atom. The van der Waals surface area contributed by atoms with E-state index in [0.717, 1.165) is 33.7 Å². The number of anilines is 3. The van der Waals surface area contributed by atoms with Crippen LogP contribution in [0, 0.1) is 6.92 Å². The number of nitrogen functional groups attached to an aromatic ring is 1. The number of thiophene rings is 1. The molecule has 0 amide bonds. The second-order valence-electron chi connectivity index (χ2n) is 7.51. The number of nitrogens with zero attached hydrogens (tertiary/aromatic N) is 7. The van der Waals surface area contributed by atoms with Crippen molar-refractivity contribution in [1.82, 2.24) is 34.6 Å². The van der Waals surface area contributed by atoms with Gasteiger partial charge < -0.3 is 11.1 Å². The summed E-state index contributed by atoms with van der Waals surface area (Å²) in [7, 11) is 0. The molecule has 1 aliphatic rings. The van der Waals surface area contributed by atoms with E-state index in [-0.39, 0.29) is 5.95 Å². The van der Waals surface area contributed by atoms with Gasteiger partial charge in [-0.05, 0) is 62.0 Å². The minimum absolute atomic E-state index is 0.253. The van der Waals surface area contributed by atoms with Crippen LogP contribution in [-0.2, 0) is 0 Å². The molecule has 0 spiro atoms. The highest BCUT2D eigenvalue weighted by molar-refractivity contribution is 7.17. The SMILES string of the molecule is Cc1csc2c(-n3nc(Nc4ccc(/C=C/CN5CCCC5)nc4)nc3N)ncnc12. The van der Waals surface area contributed by atoms with E-state index in [1.54, 1.807) is 17.5 Å². The molecule has 0 saturated carbocycles. The minimum atomic E-state index is 0.253. The van der Waals surface area contributed by atoms with Crippen molar-refractivity contribution >= 4 is 45.2 Å². The zero-order chi connectivity index (χ0) is 21.2. The molecule has 0 unspecified atom stereocenters. The molecule has 0 aromatic carbocycles. The number of hydrogen-bond acceptors (Lipinski definition) is 9. The number of pyridine rings is 1. The Morgan fingerprint density at radius 1 is 1.19 bits per heavy atom. The largest absolute Gasteiger partial charge is 0.368 e. The number of nitrogens with one attached hydrogen (secondary N) is 1. The van der Waals surface area contributed by atoms with Crippen LogP contribution in [0.2, 0.25) is 0 Å². The van der Waals surface area contributed by atoms with Crippen LogP contribution in [0.4, 0.5) is 17.6 Å². The Bertz CT molecular complexity index is 1220. The van der Waals surface area contributed by atoms with Gasteiger partial charge in [0.05, 0.1) is 27.8 Å². The van der Waals surface area contributed by atoms with Crippen molar-refractivity contribution in [3.8, 4) is 5.82 Å². The van der Waals surface area contributed by atoms with E-state index in [9.17, 15) is 0 Å². The van der Waals surface area contributed by atoms with Crippen LogP contribution in [0.15, 0.2) is 36.1 Å². The molecule has 10 heteroatoms. The lowest BCUT2D eigenvalue weighted by molar-refractivity contribution is 0.378. The maximum Gasteiger partial charge on any atom is 0.248 e. The summed E-state index contributed by atoms with van der Waals surface area (Å²) in [6, 6.07) is 3.91. The normalized spacial score (nSPS) is 14.7. The Hall–Kier alpha value is -3.37. The van der Waals surface area contributed by atoms with E-state index >= 15 is 0 Å². The van der Waals surface area contributed by atoms with Crippen molar-refractivity contribution < 1.29 is 0 Å². The minimum Gasteiger partial charge on any atom is -0.368 e. The van der Waals surface area contributed by atoms with Gasteiger partial charge in [-0.1, -0.05) is 6.08 Å². The Balaban J connectivity index is 1.30. The fourth-order valence-electron chi connectivity index (χ4n) is 3.64. The monoisotopic (exact) mass is 433 g/mol. The maximum atomic E-state index is 6.12. The predicted octanol–water partition coefficient (Wildman–Crippen LogP) is 3.41. The molecule has 0 bridgehead atoms. The van der Waals surface area contributed by atoms with Crippen LogP contribution < -0.4 is 11.1 Å². The molecule has 4 aromatic rings. The van der Waals surface area contributed by atoms with Crippen molar-refractivity contribution in [2.24, 2.45) is 0 Å². The Kier molecular flexibility index (Phi) is 5.31. The fraction of sp³-hybridized carbons (Fsp3) is 0.286. The average Bonchev–Trinajstić information content (AvgIpc) is 3.51. The topological polar surface area (TPSA) is 111 Å². The summed E-state index contributed by atoms with van der Waals surface area (Å²) in [6.45, 7) is 5.38. The lowest BCUT2D eigenvalue weighted by Crippen LogP contribution is -2.18. The lowest BCUT2D eigenvalue weighted by Gasteiger charge is -2.10. The van der Waals surface area contributed by atoms with Crippen LogP contribution >= 0.6 is 11.3 Å². The first-order valence-corrected chi connectivity index (χ1v) is 11.1. The van der Waals surface area contributed by atoms with E-state index in [1.165, 1.54) is 36.9 Å². The molecule has 3 N–H and O–H groups in total. The number of aromatic nitrogens is 6. The fourth-order valence-corrected chi connectivity index (χ4v) is 4.61. The summed E-state index contributed by atoms with van der Waals surface area (Å²) in [5.74, 6) is 1.26. The molecular formula is C21H23N9S. The van der Waals surface area contributed by atoms with Gasteiger partial charge in [0.2, 0.25) is 11.9 Å². The van der Waals surface area contributed by atoms with Crippen molar-refractivity contribution in [1.29, 1.82) is 0 Å². The van der Waals surface area contributed by atoms with Gasteiger partial charge in [0.1, 0.15) is 6.33 Å². The van der Waals surface area contributed by atoms with E-state index in [1.807, 2.05) is 24.4 Å². The zero-order valence-electron chi connectivity index (χ0n) is 17.2. The lowest BCUT2D eigenvalue weighted by atomic mass is 10.3. The van der Waals surface area contributed by atoms with Gasteiger partial charge in [-0.2, -0.15) is 9.67 Å². The molecule has 0 aliphatic carbocycles. The second-order valence-corrected chi connectivity index (χ2v) is 8.39. The molecule has 5 rings (SSSR count). The third kappa shape index (κ3) is 4.12. The average molecular weight is 434 g/mol. The molecule has 158 valence electrons. The summed E-state index contributed by atoms with van der Waals surface area (Å²) in [4.78, 5) is 20.0. The van der Waals surface area contributed by atoms with Gasteiger partial charge in [-0.3, -0.25) is 9.88 Å². The molecule has 1 fully saturated rings. The highest BCUT2D eigenvalue weighted by atomic mass is 32.1. The van der Waals surface area contributed by atoms with E-state index < -0.39 is 0 Å². The standard InChI is InChI=1S/C21H23N9S/c1-14-12-31-18-17(14)24-13-25-19(18)30-20(22)27-21(28-30)26-16-7-6-15(23-11-16)5-4-10-29-8-2-3-9-29/h4-7,11-13H,2-3,8-10H2,1H3,(H3,22,26,27,28)/b5-4+. The van der Waals surface area contributed by atoms with Gasteiger partial charge in [0, 0.05) is 6.54 Å². The smallest absolute Gasteiger partial charge is 0.248 e. The first kappa shape index (κ1) is 19.6. The van der Waals surface area contributed by atoms with Gasteiger partial charge in [0.15, 0.2) is 5.82 Å². The third-order valence-corrected chi connectivity index (χ3v) is 6.32. The van der Waals surface area contributed by atoms with Gasteiger partial charge in [-0.25, -0.2) is 9.97 Å². The first-order valence-electron chi connectivity index (χ1n) is 10.2. The molecule has 0 atom stereocenters. The number of nitrogens with two attached hydrogens (primary N) is 1. The Morgan fingerprint density at radius 2 is 2.06 bits per heavy atom. The molecule has 1 aliphatic heterocycles. The number of hydrogen-bond donors (Lipinski definition) is 2. The van der Waals surface area contributed by atoms with Crippen LogP contribution in [-0.4, -0.2) is 54.3 Å². The molecule has 9 nitrogen and oxygen atoms in total. The number of fused-ring (bicyclic) bond motifs is 1. The zero-order valence-corrected chi connectivity index (χ0v) is 18.0. The Labute approximate surface area is 183 Å². The summed E-state index contributed by atoms with van der Waals surface area (Å²) in [5.41, 5.74) is 9.82. The predicted molar refractivity (Wildman–Crippen MR) is 124 cm³/mol. The highest BCUT2D eigenvalue weighted by Crippen LogP contribution is 2.28. The van der Waals surface area contributed by atoms with Crippen molar-refractivity contribution in [3.63, 3.8) is 0 Å². The van der Waals surface area contributed by atoms with E-state index in [4.69, 9.17) is 5.73 Å². The number of aryl methyl sites for hydroxylation is 1. The number of likely N-dealkylation sites (tertiary alicyclic amines) is 1. The molecule has 4 aromatic heterocycles. The van der Waals surface area contributed by atoms with Crippen molar-refractivity contribution in [3.05, 3.63) is 47.4 Å². The van der Waals surface area contributed by atoms with Crippen LogP contribution in [0.5, 0.6) is 0 Å². The first-order chi connectivity index (χ1) is 15.2. The maximum absolute atomic E-state index is 6.12. The van der Waals surface area contributed by atoms with E-state index in [2.05, 4.69) is 47.4 Å². The van der Waals surface area contributed by atoms with Crippen LogP contribution in [0.25, 0.3) is 22.1 Å². The summed E-state index contributed by atoms with van der Waals surface area (Å²) < 4.78 is 2.46. The highest BCUT2D eigenvalue weighted by Gasteiger charge is 2.15. The molecular weight excluding hydrogens is 410 g/mol. The summed E-state index contributed by atoms with van der Waals surface area (Å²) >= 11 is 1.56. The molecule has 0 radical (unpaired) electrons. The third-order valence-electron chi connectivity index (χ3n) is 5.24. The quantitative estimate of drug-likeness (QED) is 0.476. The summed E-state index contributed by atoms with van der Waals surface area (Å²) in [5, 5.41) is 9.69. The molecule has 5 heterocycles. The van der Waals surface area contributed by atoms with Gasteiger partial charge in [0.25, 0.3) is 0 Å². The van der Waals surface area contributed by atoms with Crippen LogP contribution in [0.1, 0.15) is 24.1 Å². The van der Waals surface area contributed by atoms with Crippen molar-refractivity contribution in [2.75, 3.05) is 30.7 Å². The van der Waals surface area contributed by atoms with Crippen molar-refractivity contribution in [2.45, 2.75) is 19.8 Å². The molecule has 1 saturated heterocycles. The van der Waals surface area contributed by atoms with Crippen LogP contribution in [0.3, 0.4) is 0 Å². The summed E-state index contributed by atoms with van der Waals surface area (Å²) in [6.07, 6.45) is 10.1. The molecule has 31 heavy (non-hydrogen) atoms. The number of rotatable bonds is 6. The van der Waals surface area contributed by atoms with E-state index in [0.29, 0.717) is 11.8 Å². The second kappa shape index (κ2) is 8.40. The van der Waals surface area contributed by atoms with Gasteiger partial charge >= 0.3 is 0 Å². The van der Waals surface area contributed by atoms with Gasteiger partial charge in [-0.15, -0.1) is 16.4 Å².